The van der Waals surface area contributed by atoms with Gasteiger partial charge in [-0.15, -0.1) is 0 Å². The van der Waals surface area contributed by atoms with Crippen LogP contribution in [0.5, 0.6) is 0 Å². The molecule has 2 aliphatic rings. The van der Waals surface area contributed by atoms with E-state index in [1.807, 2.05) is 4.90 Å². The van der Waals surface area contributed by atoms with Gasteiger partial charge in [-0.25, -0.2) is 0 Å². The molecule has 0 spiro atoms. The van der Waals surface area contributed by atoms with Gasteiger partial charge in [0.25, 0.3) is 0 Å². The smallest absolute Gasteiger partial charge is 0.222 e. The van der Waals surface area contributed by atoms with Gasteiger partial charge in [-0.3, -0.25) is 9.78 Å². The van der Waals surface area contributed by atoms with Crippen LogP contribution >= 0.6 is 0 Å². The molecular weight excluding hydrogens is 300 g/mol. The van der Waals surface area contributed by atoms with Crippen LogP contribution in [0.15, 0.2) is 12.1 Å². The number of pyridine rings is 1. The molecule has 3 rings (SSSR count). The number of anilines is 1. The highest BCUT2D eigenvalue weighted by Gasteiger charge is 2.23. The topological polar surface area (TPSA) is 48.5 Å². The van der Waals surface area contributed by atoms with Gasteiger partial charge in [-0.2, -0.15) is 0 Å². The summed E-state index contributed by atoms with van der Waals surface area (Å²) in [5, 5.41) is 3.54. The second kappa shape index (κ2) is 7.51. The lowest BCUT2D eigenvalue weighted by Gasteiger charge is -2.36. The number of nitrogens with one attached hydrogen (secondary N) is 1. The normalized spacial score (nSPS) is 21.6. The minimum atomic E-state index is 0.298. The first-order valence-corrected chi connectivity index (χ1v) is 9.27. The molecule has 2 saturated heterocycles. The van der Waals surface area contributed by atoms with E-state index in [1.54, 1.807) is 0 Å². The van der Waals surface area contributed by atoms with Crippen molar-refractivity contribution in [2.24, 2.45) is 5.92 Å². The molecule has 1 N–H and O–H groups in total. The van der Waals surface area contributed by atoms with E-state index in [4.69, 9.17) is 4.98 Å². The predicted molar refractivity (Wildman–Crippen MR) is 97.2 cm³/mol. The number of nitrogens with zero attached hydrogens (tertiary/aromatic N) is 3. The summed E-state index contributed by atoms with van der Waals surface area (Å²) in [5.74, 6) is 0.728. The zero-order valence-corrected chi connectivity index (χ0v) is 15.2. The van der Waals surface area contributed by atoms with E-state index in [1.165, 1.54) is 24.2 Å². The number of carbonyl (C=O) groups is 1. The maximum absolute atomic E-state index is 12.2. The summed E-state index contributed by atoms with van der Waals surface area (Å²) < 4.78 is 0. The molecule has 5 nitrogen and oxygen atoms in total. The molecule has 1 amide bonds. The van der Waals surface area contributed by atoms with E-state index in [2.05, 4.69) is 43.1 Å². The van der Waals surface area contributed by atoms with Gasteiger partial charge >= 0.3 is 0 Å². The van der Waals surface area contributed by atoms with E-state index < -0.39 is 0 Å². The van der Waals surface area contributed by atoms with Crippen LogP contribution in [0, 0.1) is 12.8 Å². The first-order chi connectivity index (χ1) is 11.5. The minimum absolute atomic E-state index is 0.298. The van der Waals surface area contributed by atoms with Gasteiger partial charge in [-0.05, 0) is 44.4 Å². The van der Waals surface area contributed by atoms with Gasteiger partial charge in [0.05, 0.1) is 5.69 Å². The van der Waals surface area contributed by atoms with Gasteiger partial charge in [0.2, 0.25) is 5.91 Å². The van der Waals surface area contributed by atoms with Crippen LogP contribution < -0.4 is 10.2 Å². The Balaban J connectivity index is 1.64. The lowest BCUT2D eigenvalue weighted by atomic mass is 10.1. The fraction of sp³-hybridized carbons (Fsp3) is 0.684. The highest BCUT2D eigenvalue weighted by molar-refractivity contribution is 5.76. The number of piperazine rings is 1. The molecule has 3 heterocycles. The van der Waals surface area contributed by atoms with Crippen molar-refractivity contribution in [2.75, 3.05) is 37.6 Å². The molecule has 1 aromatic heterocycles. The van der Waals surface area contributed by atoms with Crippen molar-refractivity contribution in [2.45, 2.75) is 46.1 Å². The maximum atomic E-state index is 12.2. The molecule has 0 saturated carbocycles. The Bertz CT molecular complexity index is 573. The fourth-order valence-corrected chi connectivity index (χ4v) is 3.67. The summed E-state index contributed by atoms with van der Waals surface area (Å²) in [6.07, 6.45) is 3.06. The molecule has 0 bridgehead atoms. The van der Waals surface area contributed by atoms with Crippen LogP contribution in [0.25, 0.3) is 0 Å². The van der Waals surface area contributed by atoms with E-state index in [0.29, 0.717) is 24.3 Å². The van der Waals surface area contributed by atoms with Crippen LogP contribution in [-0.4, -0.2) is 48.5 Å². The second-order valence-electron chi connectivity index (χ2n) is 7.51. The lowest BCUT2D eigenvalue weighted by molar-refractivity contribution is -0.132. The van der Waals surface area contributed by atoms with Gasteiger partial charge in [-0.1, -0.05) is 13.8 Å². The molecule has 24 heavy (non-hydrogen) atoms. The summed E-state index contributed by atoms with van der Waals surface area (Å²) in [5.41, 5.74) is 3.50. The van der Waals surface area contributed by atoms with Crippen LogP contribution in [-0.2, 0) is 4.79 Å². The van der Waals surface area contributed by atoms with Crippen molar-refractivity contribution in [3.63, 3.8) is 0 Å². The maximum Gasteiger partial charge on any atom is 0.222 e. The monoisotopic (exact) mass is 330 g/mol. The predicted octanol–water partition coefficient (Wildman–Crippen LogP) is 2.51. The Morgan fingerprint density at radius 2 is 2.04 bits per heavy atom. The summed E-state index contributed by atoms with van der Waals surface area (Å²) in [4.78, 5) is 21.4. The molecule has 1 atom stereocenters. The number of hydrogen-bond donors (Lipinski definition) is 1. The first-order valence-electron chi connectivity index (χ1n) is 9.27. The summed E-state index contributed by atoms with van der Waals surface area (Å²) in [7, 11) is 0. The summed E-state index contributed by atoms with van der Waals surface area (Å²) >= 11 is 0. The lowest BCUT2D eigenvalue weighted by Crippen LogP contribution is -2.49. The zero-order chi connectivity index (χ0) is 17.1. The molecule has 2 fully saturated rings. The molecule has 5 heteroatoms. The van der Waals surface area contributed by atoms with Gasteiger partial charge in [0, 0.05) is 50.0 Å². The van der Waals surface area contributed by atoms with Crippen molar-refractivity contribution in [1.29, 1.82) is 0 Å². The van der Waals surface area contributed by atoms with E-state index in [9.17, 15) is 4.79 Å². The molecule has 1 aromatic rings. The minimum Gasteiger partial charge on any atom is -0.368 e. The standard InChI is InChI=1S/C19H30N4O/c1-14(2)11-19(24)23-9-7-22(8-10-23)16-12-15(3)21-18(13-16)17-5-4-6-20-17/h12-14,17,20H,4-11H2,1-3H3. The zero-order valence-electron chi connectivity index (χ0n) is 15.2. The average molecular weight is 330 g/mol. The van der Waals surface area contributed by atoms with Crippen LogP contribution in [0.4, 0.5) is 5.69 Å². The first kappa shape index (κ1) is 17.2. The number of carbonyl (C=O) groups excluding carboxylic acids is 1. The number of aryl methyl sites for hydroxylation is 1. The number of hydrogen-bond acceptors (Lipinski definition) is 4. The molecule has 0 aliphatic carbocycles. The molecule has 0 radical (unpaired) electrons. The third kappa shape index (κ3) is 4.07. The quantitative estimate of drug-likeness (QED) is 0.921. The number of amides is 1. The molecule has 1 unspecified atom stereocenters. The number of rotatable bonds is 4. The Kier molecular flexibility index (Phi) is 5.39. The van der Waals surface area contributed by atoms with Crippen molar-refractivity contribution in [1.82, 2.24) is 15.2 Å². The molecule has 2 aliphatic heterocycles. The van der Waals surface area contributed by atoms with Gasteiger partial charge in [0.1, 0.15) is 0 Å². The van der Waals surface area contributed by atoms with E-state index in [-0.39, 0.29) is 0 Å². The number of aromatic nitrogens is 1. The summed E-state index contributed by atoms with van der Waals surface area (Å²) in [6, 6.07) is 4.81. The van der Waals surface area contributed by atoms with Crippen molar-refractivity contribution >= 4 is 11.6 Å². The van der Waals surface area contributed by atoms with Crippen LogP contribution in [0.2, 0.25) is 0 Å². The van der Waals surface area contributed by atoms with Crippen LogP contribution in [0.3, 0.4) is 0 Å². The Labute approximate surface area is 145 Å². The highest BCUT2D eigenvalue weighted by Crippen LogP contribution is 2.26. The fourth-order valence-electron chi connectivity index (χ4n) is 3.67. The highest BCUT2D eigenvalue weighted by atomic mass is 16.2. The SMILES string of the molecule is Cc1cc(N2CCN(C(=O)CC(C)C)CC2)cc(C2CCCN2)n1. The van der Waals surface area contributed by atoms with Gasteiger partial charge in [0.15, 0.2) is 0 Å². The van der Waals surface area contributed by atoms with Crippen molar-refractivity contribution in [3.8, 4) is 0 Å². The Hall–Kier alpha value is -1.62. The Morgan fingerprint density at radius 3 is 2.67 bits per heavy atom. The second-order valence-corrected chi connectivity index (χ2v) is 7.51. The van der Waals surface area contributed by atoms with E-state index >= 15 is 0 Å². The summed E-state index contributed by atoms with van der Waals surface area (Å²) in [6.45, 7) is 10.8. The van der Waals surface area contributed by atoms with Gasteiger partial charge < -0.3 is 15.1 Å². The van der Waals surface area contributed by atoms with Crippen molar-refractivity contribution in [3.05, 3.63) is 23.5 Å². The van der Waals surface area contributed by atoms with Crippen molar-refractivity contribution < 1.29 is 4.79 Å². The molecular formula is C19H30N4O. The van der Waals surface area contributed by atoms with Crippen LogP contribution in [0.1, 0.15) is 50.5 Å². The van der Waals surface area contributed by atoms with E-state index in [0.717, 1.165) is 38.4 Å². The third-order valence-electron chi connectivity index (χ3n) is 4.96. The molecule has 0 aromatic carbocycles. The molecule has 132 valence electrons. The Morgan fingerprint density at radius 1 is 1.29 bits per heavy atom. The average Bonchev–Trinajstić information content (AvgIpc) is 3.08. The largest absolute Gasteiger partial charge is 0.368 e. The third-order valence-corrected chi connectivity index (χ3v) is 4.96.